The van der Waals surface area contributed by atoms with E-state index in [-0.39, 0.29) is 24.2 Å². The minimum atomic E-state index is -0.342. The number of carbonyl (C=O) groups is 2. The second kappa shape index (κ2) is 9.92. The number of rotatable bonds is 7. The van der Waals surface area contributed by atoms with E-state index in [2.05, 4.69) is 26.0 Å². The molecule has 166 valence electrons. The average molecular weight is 463 g/mol. The van der Waals surface area contributed by atoms with E-state index in [1.54, 1.807) is 66.7 Å². The molecule has 0 saturated heterocycles. The van der Waals surface area contributed by atoms with Gasteiger partial charge in [-0.2, -0.15) is 4.80 Å². The van der Waals surface area contributed by atoms with E-state index < -0.39 is 0 Å². The lowest BCUT2D eigenvalue weighted by molar-refractivity contribution is -0.117. The first-order chi connectivity index (χ1) is 16.0. The molecule has 0 aliphatic heterocycles. The zero-order chi connectivity index (χ0) is 23.2. The van der Waals surface area contributed by atoms with E-state index >= 15 is 0 Å². The highest BCUT2D eigenvalue weighted by Gasteiger charge is 2.15. The van der Waals surface area contributed by atoms with Crippen molar-refractivity contribution in [2.45, 2.75) is 6.54 Å². The van der Waals surface area contributed by atoms with E-state index in [1.807, 2.05) is 6.07 Å². The molecule has 0 aliphatic rings. The fourth-order valence-corrected chi connectivity index (χ4v) is 3.29. The number of nitrogens with zero attached hydrogens (tertiary/aromatic N) is 4. The van der Waals surface area contributed by atoms with Crippen molar-refractivity contribution < 1.29 is 14.3 Å². The molecule has 10 heteroatoms. The van der Waals surface area contributed by atoms with Crippen LogP contribution in [-0.4, -0.2) is 39.1 Å². The first-order valence-corrected chi connectivity index (χ1v) is 10.3. The maximum absolute atomic E-state index is 12.6. The highest BCUT2D eigenvalue weighted by Crippen LogP contribution is 2.25. The molecule has 0 fully saturated rings. The summed E-state index contributed by atoms with van der Waals surface area (Å²) in [4.78, 5) is 26.2. The topological polar surface area (TPSA) is 111 Å². The Labute approximate surface area is 194 Å². The van der Waals surface area contributed by atoms with Gasteiger partial charge in [-0.3, -0.25) is 9.59 Å². The number of ether oxygens (including phenoxy) is 1. The van der Waals surface area contributed by atoms with Gasteiger partial charge >= 0.3 is 0 Å². The summed E-state index contributed by atoms with van der Waals surface area (Å²) >= 11 is 5.98. The molecule has 0 spiro atoms. The number of anilines is 2. The number of carbonyl (C=O) groups excluding carboxylic acids is 2. The molecular formula is C23H19ClN6O3. The van der Waals surface area contributed by atoms with Crippen molar-refractivity contribution in [1.82, 2.24) is 20.2 Å². The van der Waals surface area contributed by atoms with Crippen molar-refractivity contribution in [3.8, 4) is 17.1 Å². The van der Waals surface area contributed by atoms with Crippen molar-refractivity contribution >= 4 is 34.8 Å². The fraction of sp³-hybridized carbons (Fsp3) is 0.0870. The van der Waals surface area contributed by atoms with Gasteiger partial charge in [-0.05, 0) is 47.7 Å². The molecule has 0 unspecified atom stereocenters. The van der Waals surface area contributed by atoms with Crippen molar-refractivity contribution in [2.24, 2.45) is 0 Å². The van der Waals surface area contributed by atoms with Crippen LogP contribution in [0, 0.1) is 0 Å². The monoisotopic (exact) mass is 462 g/mol. The molecule has 0 radical (unpaired) electrons. The van der Waals surface area contributed by atoms with Gasteiger partial charge in [0, 0.05) is 16.1 Å². The predicted octanol–water partition coefficient (Wildman–Crippen LogP) is 3.89. The van der Waals surface area contributed by atoms with Crippen LogP contribution in [0.3, 0.4) is 0 Å². The van der Waals surface area contributed by atoms with Crippen LogP contribution in [-0.2, 0) is 11.3 Å². The standard InChI is InChI=1S/C23H19ClN6O3/c1-33-20-12-5-4-11-19(20)25-21(31)14-30-28-22(27-29-30)17-9-2-3-10-18(17)26-23(32)15-7-6-8-16(24)13-15/h2-13H,14H2,1H3,(H,25,31)(H,26,32). The average Bonchev–Trinajstić information content (AvgIpc) is 3.27. The van der Waals surface area contributed by atoms with E-state index in [0.29, 0.717) is 33.3 Å². The van der Waals surface area contributed by atoms with Crippen LogP contribution in [0.1, 0.15) is 10.4 Å². The normalized spacial score (nSPS) is 10.5. The van der Waals surface area contributed by atoms with Gasteiger partial charge < -0.3 is 15.4 Å². The Balaban J connectivity index is 1.48. The van der Waals surface area contributed by atoms with Gasteiger partial charge in [-0.25, -0.2) is 0 Å². The van der Waals surface area contributed by atoms with Crippen molar-refractivity contribution in [3.05, 3.63) is 83.4 Å². The van der Waals surface area contributed by atoms with E-state index in [9.17, 15) is 9.59 Å². The minimum absolute atomic E-state index is 0.151. The summed E-state index contributed by atoms with van der Waals surface area (Å²) in [6.07, 6.45) is 0. The molecule has 0 bridgehead atoms. The number of amides is 2. The van der Waals surface area contributed by atoms with Gasteiger partial charge in [0.15, 0.2) is 0 Å². The van der Waals surface area contributed by atoms with Gasteiger partial charge in [0.25, 0.3) is 5.91 Å². The number of aromatic nitrogens is 4. The number of hydrogen-bond acceptors (Lipinski definition) is 6. The molecule has 1 aromatic heterocycles. The van der Waals surface area contributed by atoms with E-state index in [4.69, 9.17) is 16.3 Å². The van der Waals surface area contributed by atoms with Crippen molar-refractivity contribution in [3.63, 3.8) is 0 Å². The second-order valence-corrected chi connectivity index (χ2v) is 7.34. The number of para-hydroxylation sites is 3. The Morgan fingerprint density at radius 2 is 1.73 bits per heavy atom. The first kappa shape index (κ1) is 22.0. The van der Waals surface area contributed by atoms with Crippen LogP contribution in [0.5, 0.6) is 5.75 Å². The first-order valence-electron chi connectivity index (χ1n) is 9.90. The van der Waals surface area contributed by atoms with Crippen LogP contribution >= 0.6 is 11.6 Å². The van der Waals surface area contributed by atoms with Crippen molar-refractivity contribution in [2.75, 3.05) is 17.7 Å². The Morgan fingerprint density at radius 3 is 2.52 bits per heavy atom. The predicted molar refractivity (Wildman–Crippen MR) is 124 cm³/mol. The summed E-state index contributed by atoms with van der Waals surface area (Å²) in [7, 11) is 1.53. The summed E-state index contributed by atoms with van der Waals surface area (Å²) in [5.41, 5.74) is 2.02. The third kappa shape index (κ3) is 5.34. The number of tetrazole rings is 1. The molecule has 0 saturated carbocycles. The fourth-order valence-electron chi connectivity index (χ4n) is 3.10. The van der Waals surface area contributed by atoms with Crippen LogP contribution in [0.4, 0.5) is 11.4 Å². The summed E-state index contributed by atoms with van der Waals surface area (Å²) in [6.45, 7) is -0.151. The number of benzene rings is 3. The molecule has 33 heavy (non-hydrogen) atoms. The zero-order valence-corrected chi connectivity index (χ0v) is 18.3. The van der Waals surface area contributed by atoms with Crippen LogP contribution in [0.2, 0.25) is 5.02 Å². The van der Waals surface area contributed by atoms with Gasteiger partial charge in [-0.15, -0.1) is 10.2 Å². The highest BCUT2D eigenvalue weighted by molar-refractivity contribution is 6.31. The van der Waals surface area contributed by atoms with Crippen molar-refractivity contribution in [1.29, 1.82) is 0 Å². The largest absolute Gasteiger partial charge is 0.495 e. The molecule has 3 aromatic carbocycles. The summed E-state index contributed by atoms with van der Waals surface area (Å²) < 4.78 is 5.23. The van der Waals surface area contributed by atoms with Crippen LogP contribution < -0.4 is 15.4 Å². The lowest BCUT2D eigenvalue weighted by Crippen LogP contribution is -2.20. The third-order valence-electron chi connectivity index (χ3n) is 4.62. The maximum atomic E-state index is 12.6. The lowest BCUT2D eigenvalue weighted by atomic mass is 10.1. The van der Waals surface area contributed by atoms with Crippen LogP contribution in [0.25, 0.3) is 11.4 Å². The second-order valence-electron chi connectivity index (χ2n) is 6.90. The van der Waals surface area contributed by atoms with Gasteiger partial charge in [0.2, 0.25) is 11.7 Å². The molecule has 4 rings (SSSR count). The smallest absolute Gasteiger partial charge is 0.255 e. The molecule has 2 amide bonds. The van der Waals surface area contributed by atoms with Crippen LogP contribution in [0.15, 0.2) is 72.8 Å². The van der Waals surface area contributed by atoms with E-state index in [1.165, 1.54) is 11.9 Å². The molecule has 9 nitrogen and oxygen atoms in total. The Kier molecular flexibility index (Phi) is 6.61. The van der Waals surface area contributed by atoms with Gasteiger partial charge in [0.05, 0.1) is 18.5 Å². The summed E-state index contributed by atoms with van der Waals surface area (Å²) in [5.74, 6) is 0.143. The molecule has 1 heterocycles. The molecule has 0 aliphatic carbocycles. The molecule has 2 N–H and O–H groups in total. The Morgan fingerprint density at radius 1 is 0.970 bits per heavy atom. The summed E-state index contributed by atoms with van der Waals surface area (Å²) in [6, 6.07) is 20.8. The number of halogens is 1. The molecule has 4 aromatic rings. The Hall–Kier alpha value is -4.24. The number of nitrogens with one attached hydrogen (secondary N) is 2. The number of hydrogen-bond donors (Lipinski definition) is 2. The van der Waals surface area contributed by atoms with E-state index in [0.717, 1.165) is 0 Å². The quantitative estimate of drug-likeness (QED) is 0.431. The lowest BCUT2D eigenvalue weighted by Gasteiger charge is -2.09. The van der Waals surface area contributed by atoms with Gasteiger partial charge in [0.1, 0.15) is 12.3 Å². The highest BCUT2D eigenvalue weighted by atomic mass is 35.5. The SMILES string of the molecule is COc1ccccc1NC(=O)Cn1nnc(-c2ccccc2NC(=O)c2cccc(Cl)c2)n1. The number of methoxy groups -OCH3 is 1. The third-order valence-corrected chi connectivity index (χ3v) is 4.86. The Bertz CT molecular complexity index is 1310. The molecule has 0 atom stereocenters. The molecular weight excluding hydrogens is 444 g/mol. The van der Waals surface area contributed by atoms with Gasteiger partial charge in [-0.1, -0.05) is 41.9 Å². The zero-order valence-electron chi connectivity index (χ0n) is 17.5. The minimum Gasteiger partial charge on any atom is -0.495 e. The summed E-state index contributed by atoms with van der Waals surface area (Å²) in [5, 5.41) is 18.4. The maximum Gasteiger partial charge on any atom is 0.255 e.